The molecule has 0 unspecified atom stereocenters. The van der Waals surface area contributed by atoms with Gasteiger partial charge in [0.25, 0.3) is 5.91 Å². The zero-order valence-corrected chi connectivity index (χ0v) is 12.9. The number of ether oxygens (including phenoxy) is 1. The number of rotatable bonds is 4. The van der Waals surface area contributed by atoms with Crippen molar-refractivity contribution in [2.24, 2.45) is 0 Å². The second-order valence-corrected chi connectivity index (χ2v) is 5.32. The molecule has 7 heteroatoms. The number of hydrogen-bond donors (Lipinski definition) is 1. The second kappa shape index (κ2) is 5.75. The highest BCUT2D eigenvalue weighted by Crippen LogP contribution is 2.29. The number of methoxy groups -OCH3 is 1. The van der Waals surface area contributed by atoms with Crippen LogP contribution in [0.2, 0.25) is 0 Å². The second-order valence-electron chi connectivity index (χ2n) is 5.32. The predicted octanol–water partition coefficient (Wildman–Crippen LogP) is 1.94. The number of nitrogens with zero attached hydrogens (tertiary/aromatic N) is 3. The van der Waals surface area contributed by atoms with Gasteiger partial charge in [-0.05, 0) is 24.6 Å². The number of carbonyl (C=O) groups is 2. The first-order valence-electron chi connectivity index (χ1n) is 7.34. The van der Waals surface area contributed by atoms with Gasteiger partial charge in [0.05, 0.1) is 30.6 Å². The fourth-order valence-corrected chi connectivity index (χ4v) is 2.81. The minimum atomic E-state index is -1.10. The molecule has 1 amide bonds. The van der Waals surface area contributed by atoms with Crippen molar-refractivity contribution in [3.8, 4) is 11.4 Å². The molecule has 120 valence electrons. The van der Waals surface area contributed by atoms with Gasteiger partial charge in [0.15, 0.2) is 5.69 Å². The Kier molecular flexibility index (Phi) is 3.77. The Hall–Kier alpha value is -2.83. The van der Waals surface area contributed by atoms with Crippen LogP contribution in [0.5, 0.6) is 5.75 Å². The Morgan fingerprint density at radius 3 is 2.87 bits per heavy atom. The maximum atomic E-state index is 12.8. The highest BCUT2D eigenvalue weighted by atomic mass is 16.5. The lowest BCUT2D eigenvalue weighted by Gasteiger charge is -2.20. The summed E-state index contributed by atoms with van der Waals surface area (Å²) in [7, 11) is 1.54. The van der Waals surface area contributed by atoms with E-state index in [1.54, 1.807) is 27.7 Å². The number of aromatic nitrogens is 2. The van der Waals surface area contributed by atoms with Gasteiger partial charge >= 0.3 is 5.97 Å². The fraction of sp³-hybridized carbons (Fsp3) is 0.312. The van der Waals surface area contributed by atoms with E-state index in [1.165, 1.54) is 13.4 Å². The summed E-state index contributed by atoms with van der Waals surface area (Å²) in [5.41, 5.74) is 1.57. The molecule has 1 aliphatic heterocycles. The Bertz CT molecular complexity index is 782. The molecule has 0 radical (unpaired) electrons. The minimum Gasteiger partial charge on any atom is -0.497 e. The van der Waals surface area contributed by atoms with Crippen LogP contribution in [0.4, 0.5) is 0 Å². The highest BCUT2D eigenvalue weighted by molar-refractivity contribution is 5.99. The standard InChI is InChI=1S/C16H17N3O4/c1-3-6-18-8-13-14(16(21)22)17-9-19(13)12-5-4-10(23-2)7-11(12)15(18)20/h4-5,7,9H,3,6,8H2,1-2H3,(H,21,22). The monoisotopic (exact) mass is 315 g/mol. The van der Waals surface area contributed by atoms with Crippen molar-refractivity contribution >= 4 is 11.9 Å². The first-order chi connectivity index (χ1) is 11.1. The molecule has 2 heterocycles. The van der Waals surface area contributed by atoms with Gasteiger partial charge in [0, 0.05) is 6.54 Å². The fourth-order valence-electron chi connectivity index (χ4n) is 2.81. The van der Waals surface area contributed by atoms with Crippen molar-refractivity contribution in [1.82, 2.24) is 14.5 Å². The van der Waals surface area contributed by atoms with E-state index in [1.807, 2.05) is 6.92 Å². The van der Waals surface area contributed by atoms with Gasteiger partial charge in [0.2, 0.25) is 0 Å². The Balaban J connectivity index is 2.24. The van der Waals surface area contributed by atoms with Crippen LogP contribution >= 0.6 is 0 Å². The van der Waals surface area contributed by atoms with Gasteiger partial charge in [-0.1, -0.05) is 6.92 Å². The number of carbonyl (C=O) groups excluding carboxylic acids is 1. The van der Waals surface area contributed by atoms with Crippen molar-refractivity contribution in [3.63, 3.8) is 0 Å². The number of carboxylic acid groups (broad SMARTS) is 1. The molecule has 0 saturated heterocycles. The first-order valence-corrected chi connectivity index (χ1v) is 7.34. The molecule has 7 nitrogen and oxygen atoms in total. The third kappa shape index (κ3) is 2.44. The summed E-state index contributed by atoms with van der Waals surface area (Å²) in [6.07, 6.45) is 2.23. The van der Waals surface area contributed by atoms with Crippen molar-refractivity contribution in [2.75, 3.05) is 13.7 Å². The van der Waals surface area contributed by atoms with E-state index in [0.29, 0.717) is 29.2 Å². The van der Waals surface area contributed by atoms with Crippen LogP contribution in [0.1, 0.15) is 39.9 Å². The number of aromatic carboxylic acids is 1. The first kappa shape index (κ1) is 15.1. The zero-order valence-electron chi connectivity index (χ0n) is 12.9. The van der Waals surface area contributed by atoms with Crippen molar-refractivity contribution in [3.05, 3.63) is 41.5 Å². The van der Waals surface area contributed by atoms with E-state index < -0.39 is 5.97 Å². The number of fused-ring (bicyclic) bond motifs is 3. The summed E-state index contributed by atoms with van der Waals surface area (Å²) in [5, 5.41) is 9.33. The number of carboxylic acids is 1. The third-order valence-corrected chi connectivity index (χ3v) is 3.88. The number of hydrogen-bond acceptors (Lipinski definition) is 4. The summed E-state index contributed by atoms with van der Waals surface area (Å²) in [6, 6.07) is 5.17. The van der Waals surface area contributed by atoms with Crippen LogP contribution in [0.15, 0.2) is 24.5 Å². The molecule has 23 heavy (non-hydrogen) atoms. The van der Waals surface area contributed by atoms with Crippen LogP contribution in [0, 0.1) is 0 Å². The van der Waals surface area contributed by atoms with E-state index in [9.17, 15) is 14.7 Å². The van der Waals surface area contributed by atoms with Crippen LogP contribution in [-0.2, 0) is 6.54 Å². The van der Waals surface area contributed by atoms with Gasteiger partial charge in [0.1, 0.15) is 12.1 Å². The number of benzene rings is 1. The molecule has 2 aromatic rings. The SMILES string of the molecule is CCCN1Cc2c(C(=O)O)ncn2-c2ccc(OC)cc2C1=O. The van der Waals surface area contributed by atoms with Crippen molar-refractivity contribution in [1.29, 1.82) is 0 Å². The van der Waals surface area contributed by atoms with E-state index in [4.69, 9.17) is 4.74 Å². The van der Waals surface area contributed by atoms with Gasteiger partial charge in [-0.2, -0.15) is 0 Å². The van der Waals surface area contributed by atoms with Gasteiger partial charge in [-0.3, -0.25) is 9.36 Å². The molecule has 0 spiro atoms. The summed E-state index contributed by atoms with van der Waals surface area (Å²) in [6.45, 7) is 2.73. The summed E-state index contributed by atoms with van der Waals surface area (Å²) in [5.74, 6) is -0.657. The summed E-state index contributed by atoms with van der Waals surface area (Å²) >= 11 is 0. The molecule has 0 bridgehead atoms. The Morgan fingerprint density at radius 2 is 2.22 bits per heavy atom. The Morgan fingerprint density at radius 1 is 1.43 bits per heavy atom. The maximum Gasteiger partial charge on any atom is 0.356 e. The molecule has 0 fully saturated rings. The summed E-state index contributed by atoms with van der Waals surface area (Å²) in [4.78, 5) is 29.9. The van der Waals surface area contributed by atoms with Crippen LogP contribution in [0.25, 0.3) is 5.69 Å². The quantitative estimate of drug-likeness (QED) is 0.932. The zero-order chi connectivity index (χ0) is 16.6. The smallest absolute Gasteiger partial charge is 0.356 e. The lowest BCUT2D eigenvalue weighted by atomic mass is 10.1. The van der Waals surface area contributed by atoms with Gasteiger partial charge in [-0.15, -0.1) is 0 Å². The number of imidazole rings is 1. The van der Waals surface area contributed by atoms with Crippen LogP contribution < -0.4 is 4.74 Å². The molecule has 0 atom stereocenters. The predicted molar refractivity (Wildman–Crippen MR) is 82.1 cm³/mol. The molecule has 1 aromatic carbocycles. The van der Waals surface area contributed by atoms with Gasteiger partial charge in [-0.25, -0.2) is 9.78 Å². The largest absolute Gasteiger partial charge is 0.497 e. The molecule has 0 aliphatic carbocycles. The average molecular weight is 315 g/mol. The van der Waals surface area contributed by atoms with E-state index in [0.717, 1.165) is 6.42 Å². The average Bonchev–Trinajstić information content (AvgIpc) is 2.92. The molecule has 1 aromatic heterocycles. The van der Waals surface area contributed by atoms with E-state index >= 15 is 0 Å². The lowest BCUT2D eigenvalue weighted by Crippen LogP contribution is -2.30. The molecular weight excluding hydrogens is 298 g/mol. The molecule has 1 aliphatic rings. The van der Waals surface area contributed by atoms with Crippen molar-refractivity contribution < 1.29 is 19.4 Å². The van der Waals surface area contributed by atoms with Crippen LogP contribution in [-0.4, -0.2) is 45.1 Å². The molecular formula is C16H17N3O4. The minimum absolute atomic E-state index is 0.0254. The molecule has 3 rings (SSSR count). The van der Waals surface area contributed by atoms with E-state index in [-0.39, 0.29) is 18.1 Å². The van der Waals surface area contributed by atoms with Crippen LogP contribution in [0.3, 0.4) is 0 Å². The summed E-state index contributed by atoms with van der Waals surface area (Å²) < 4.78 is 6.88. The molecule has 1 N–H and O–H groups in total. The normalized spacial score (nSPS) is 13.3. The van der Waals surface area contributed by atoms with E-state index in [2.05, 4.69) is 4.98 Å². The maximum absolute atomic E-state index is 12.8. The highest BCUT2D eigenvalue weighted by Gasteiger charge is 2.29. The lowest BCUT2D eigenvalue weighted by molar-refractivity contribution is 0.0677. The number of amides is 1. The third-order valence-electron chi connectivity index (χ3n) is 3.88. The Labute approximate surface area is 133 Å². The van der Waals surface area contributed by atoms with Gasteiger partial charge < -0.3 is 14.7 Å². The van der Waals surface area contributed by atoms with Crippen molar-refractivity contribution in [2.45, 2.75) is 19.9 Å². The topological polar surface area (TPSA) is 84.7 Å². The molecule has 0 saturated carbocycles.